The fourth-order valence-electron chi connectivity index (χ4n) is 1.92. The van der Waals surface area contributed by atoms with Gasteiger partial charge in [-0.1, -0.05) is 12.1 Å². The lowest BCUT2D eigenvalue weighted by molar-refractivity contribution is 0.0994. The predicted octanol–water partition coefficient (Wildman–Crippen LogP) is 2.64. The zero-order chi connectivity index (χ0) is 11.7. The molecule has 1 heterocycles. The van der Waals surface area contributed by atoms with Gasteiger partial charge in [0.25, 0.3) is 0 Å². The first kappa shape index (κ1) is 11.4. The average molecular weight is 281 g/mol. The number of carbonyl (C=O) groups is 1. The van der Waals surface area contributed by atoms with Gasteiger partial charge in [-0.3, -0.25) is 4.79 Å². The third-order valence-electron chi connectivity index (χ3n) is 2.59. The topological polar surface area (TPSA) is 44.9 Å². The molecule has 84 valence electrons. The molecule has 0 atom stereocenters. The van der Waals surface area contributed by atoms with E-state index < -0.39 is 0 Å². The number of Topliss-reactive ketones (excluding diaryl/α,β-unsaturated/α-hetero) is 1. The number of halogens is 1. The fraction of sp³-hybridized carbons (Fsp3) is 0.250. The number of fused-ring (bicyclic) bond motifs is 1. The Kier molecular flexibility index (Phi) is 3.12. The molecule has 0 fully saturated rings. The van der Waals surface area contributed by atoms with Crippen molar-refractivity contribution >= 4 is 32.6 Å². The minimum atomic E-state index is 0.115. The zero-order valence-electron chi connectivity index (χ0n) is 9.23. The van der Waals surface area contributed by atoms with E-state index in [0.717, 1.165) is 26.6 Å². The van der Waals surface area contributed by atoms with Gasteiger partial charge in [-0.15, -0.1) is 0 Å². The van der Waals surface area contributed by atoms with Gasteiger partial charge in [0.2, 0.25) is 0 Å². The van der Waals surface area contributed by atoms with E-state index in [4.69, 9.17) is 0 Å². The van der Waals surface area contributed by atoms with Gasteiger partial charge < -0.3 is 10.3 Å². The Morgan fingerprint density at radius 2 is 2.25 bits per heavy atom. The summed E-state index contributed by atoms with van der Waals surface area (Å²) >= 11 is 3.47. The molecule has 16 heavy (non-hydrogen) atoms. The average Bonchev–Trinajstić information content (AvgIpc) is 2.56. The van der Waals surface area contributed by atoms with Crippen LogP contribution >= 0.6 is 15.9 Å². The second-order valence-electron chi connectivity index (χ2n) is 3.74. The largest absolute Gasteiger partial charge is 0.357 e. The van der Waals surface area contributed by atoms with Crippen molar-refractivity contribution in [1.82, 2.24) is 10.3 Å². The van der Waals surface area contributed by atoms with Crippen LogP contribution in [0.5, 0.6) is 0 Å². The number of ketones is 1. The highest BCUT2D eigenvalue weighted by Crippen LogP contribution is 2.28. The first-order valence-corrected chi connectivity index (χ1v) is 5.89. The van der Waals surface area contributed by atoms with E-state index in [1.54, 1.807) is 7.05 Å². The lowest BCUT2D eigenvalue weighted by Crippen LogP contribution is -2.18. The molecule has 1 aromatic heterocycles. The van der Waals surface area contributed by atoms with Crippen molar-refractivity contribution in [3.63, 3.8) is 0 Å². The molecule has 0 aliphatic heterocycles. The fourth-order valence-corrected chi connectivity index (χ4v) is 2.39. The zero-order valence-corrected chi connectivity index (χ0v) is 10.8. The van der Waals surface area contributed by atoms with Gasteiger partial charge in [0.1, 0.15) is 0 Å². The third kappa shape index (κ3) is 1.79. The summed E-state index contributed by atoms with van der Waals surface area (Å²) < 4.78 is 0.983. The number of benzene rings is 1. The number of hydrogen-bond donors (Lipinski definition) is 2. The molecular formula is C12H13BrN2O. The molecule has 0 bridgehead atoms. The molecule has 0 spiro atoms. The second kappa shape index (κ2) is 4.39. The summed E-state index contributed by atoms with van der Waals surface area (Å²) in [4.78, 5) is 15.2. The molecule has 0 amide bonds. The van der Waals surface area contributed by atoms with Crippen LogP contribution in [0.4, 0.5) is 0 Å². The SMILES string of the molecule is CNCC(=O)c1c(C)[nH]c2c(Br)cccc12. The summed E-state index contributed by atoms with van der Waals surface area (Å²) in [5.41, 5.74) is 2.69. The van der Waals surface area contributed by atoms with E-state index in [-0.39, 0.29) is 5.78 Å². The van der Waals surface area contributed by atoms with Crippen molar-refractivity contribution in [3.8, 4) is 0 Å². The van der Waals surface area contributed by atoms with Crippen LogP contribution in [0.15, 0.2) is 22.7 Å². The van der Waals surface area contributed by atoms with Crippen LogP contribution in [0.2, 0.25) is 0 Å². The minimum Gasteiger partial charge on any atom is -0.357 e. The molecule has 2 aromatic rings. The number of likely N-dealkylation sites (N-methyl/N-ethyl adjacent to an activating group) is 1. The van der Waals surface area contributed by atoms with Crippen molar-refractivity contribution in [2.45, 2.75) is 6.92 Å². The van der Waals surface area contributed by atoms with E-state index >= 15 is 0 Å². The summed E-state index contributed by atoms with van der Waals surface area (Å²) in [6.45, 7) is 2.29. The number of nitrogens with one attached hydrogen (secondary N) is 2. The van der Waals surface area contributed by atoms with Gasteiger partial charge in [0.05, 0.1) is 12.1 Å². The number of aromatic amines is 1. The number of H-pyrrole nitrogens is 1. The van der Waals surface area contributed by atoms with Gasteiger partial charge in [-0.2, -0.15) is 0 Å². The van der Waals surface area contributed by atoms with Crippen molar-refractivity contribution < 1.29 is 4.79 Å². The van der Waals surface area contributed by atoms with Crippen LogP contribution in [-0.4, -0.2) is 24.4 Å². The standard InChI is InChI=1S/C12H13BrN2O/c1-7-11(10(16)6-14-2)8-4-3-5-9(13)12(8)15-7/h3-5,14-15H,6H2,1-2H3. The molecule has 3 nitrogen and oxygen atoms in total. The number of carbonyl (C=O) groups excluding carboxylic acids is 1. The van der Waals surface area contributed by atoms with E-state index in [9.17, 15) is 4.79 Å². The maximum atomic E-state index is 12.0. The highest BCUT2D eigenvalue weighted by atomic mass is 79.9. The Hall–Kier alpha value is -1.13. The number of para-hydroxylation sites is 1. The number of hydrogen-bond acceptors (Lipinski definition) is 2. The Labute approximate surface area is 102 Å². The number of aromatic nitrogens is 1. The quantitative estimate of drug-likeness (QED) is 0.849. The van der Waals surface area contributed by atoms with Crippen LogP contribution in [0.1, 0.15) is 16.1 Å². The minimum absolute atomic E-state index is 0.115. The second-order valence-corrected chi connectivity index (χ2v) is 4.60. The molecule has 4 heteroatoms. The molecule has 0 aliphatic rings. The molecule has 0 saturated carbocycles. The van der Waals surface area contributed by atoms with Gasteiger partial charge in [-0.05, 0) is 36.0 Å². The Balaban J connectivity index is 2.65. The van der Waals surface area contributed by atoms with Gasteiger partial charge in [0.15, 0.2) is 5.78 Å². The number of aryl methyl sites for hydroxylation is 1. The van der Waals surface area contributed by atoms with Crippen molar-refractivity contribution in [1.29, 1.82) is 0 Å². The first-order valence-electron chi connectivity index (χ1n) is 5.09. The molecular weight excluding hydrogens is 268 g/mol. The van der Waals surface area contributed by atoms with Gasteiger partial charge in [0, 0.05) is 21.1 Å². The van der Waals surface area contributed by atoms with Crippen LogP contribution in [-0.2, 0) is 0 Å². The summed E-state index contributed by atoms with van der Waals surface area (Å²) in [6.07, 6.45) is 0. The van der Waals surface area contributed by atoms with Crippen LogP contribution in [0.3, 0.4) is 0 Å². The van der Waals surface area contributed by atoms with E-state index in [0.29, 0.717) is 6.54 Å². The van der Waals surface area contributed by atoms with Crippen LogP contribution < -0.4 is 5.32 Å². The molecule has 0 saturated heterocycles. The Morgan fingerprint density at radius 3 is 2.94 bits per heavy atom. The highest BCUT2D eigenvalue weighted by molar-refractivity contribution is 9.10. The molecule has 0 unspecified atom stereocenters. The Bertz CT molecular complexity index is 545. The third-order valence-corrected chi connectivity index (χ3v) is 3.25. The normalized spacial score (nSPS) is 10.9. The van der Waals surface area contributed by atoms with Crippen molar-refractivity contribution in [2.75, 3.05) is 13.6 Å². The molecule has 0 radical (unpaired) electrons. The lowest BCUT2D eigenvalue weighted by atomic mass is 10.1. The van der Waals surface area contributed by atoms with Crippen molar-refractivity contribution in [2.24, 2.45) is 0 Å². The van der Waals surface area contributed by atoms with E-state index in [1.165, 1.54) is 0 Å². The van der Waals surface area contributed by atoms with Crippen LogP contribution in [0.25, 0.3) is 10.9 Å². The molecule has 2 rings (SSSR count). The molecule has 2 N–H and O–H groups in total. The summed E-state index contributed by atoms with van der Waals surface area (Å²) in [5, 5.41) is 3.87. The molecule has 0 aliphatic carbocycles. The van der Waals surface area contributed by atoms with E-state index in [2.05, 4.69) is 26.2 Å². The maximum absolute atomic E-state index is 12.0. The first-order chi connectivity index (χ1) is 7.65. The van der Waals surface area contributed by atoms with E-state index in [1.807, 2.05) is 25.1 Å². The molecule has 1 aromatic carbocycles. The van der Waals surface area contributed by atoms with Crippen molar-refractivity contribution in [3.05, 3.63) is 33.9 Å². The summed E-state index contributed by atoms with van der Waals surface area (Å²) in [7, 11) is 1.78. The smallest absolute Gasteiger partial charge is 0.179 e. The van der Waals surface area contributed by atoms with Gasteiger partial charge in [-0.25, -0.2) is 0 Å². The van der Waals surface area contributed by atoms with Crippen LogP contribution in [0, 0.1) is 6.92 Å². The predicted molar refractivity (Wildman–Crippen MR) is 69.0 cm³/mol. The lowest BCUT2D eigenvalue weighted by Gasteiger charge is -2.00. The monoisotopic (exact) mass is 280 g/mol. The number of rotatable bonds is 3. The maximum Gasteiger partial charge on any atom is 0.179 e. The summed E-state index contributed by atoms with van der Waals surface area (Å²) in [5.74, 6) is 0.115. The Morgan fingerprint density at radius 1 is 1.50 bits per heavy atom. The highest BCUT2D eigenvalue weighted by Gasteiger charge is 2.15. The summed E-state index contributed by atoms with van der Waals surface area (Å²) in [6, 6.07) is 5.87. The van der Waals surface area contributed by atoms with Gasteiger partial charge >= 0.3 is 0 Å².